The lowest BCUT2D eigenvalue weighted by Gasteiger charge is -2.12. The van der Waals surface area contributed by atoms with Gasteiger partial charge in [0, 0.05) is 5.02 Å². The fourth-order valence-corrected chi connectivity index (χ4v) is 1.74. The molecule has 21 heavy (non-hydrogen) atoms. The van der Waals surface area contributed by atoms with Crippen molar-refractivity contribution in [1.29, 1.82) is 0 Å². The number of aliphatic imine (C=N–C) groups is 1. The van der Waals surface area contributed by atoms with E-state index in [1.165, 1.54) is 0 Å². The molecule has 1 aromatic carbocycles. The maximum atomic E-state index is 6.11. The molecule has 8 heteroatoms. The molecule has 0 spiro atoms. The summed E-state index contributed by atoms with van der Waals surface area (Å²) in [6.07, 6.45) is 0. The zero-order valence-electron chi connectivity index (χ0n) is 12.4. The lowest BCUT2D eigenvalue weighted by molar-refractivity contribution is 0.296. The molecule has 7 N–H and O–H groups in total. The van der Waals surface area contributed by atoms with Crippen LogP contribution in [-0.4, -0.2) is 24.6 Å². The highest BCUT2D eigenvalue weighted by molar-refractivity contribution is 6.32. The van der Waals surface area contributed by atoms with Crippen molar-refractivity contribution in [1.82, 2.24) is 5.43 Å². The summed E-state index contributed by atoms with van der Waals surface area (Å²) in [6, 6.07) is 3.60. The minimum absolute atomic E-state index is 0.114. The van der Waals surface area contributed by atoms with Crippen LogP contribution in [0.2, 0.25) is 5.02 Å². The van der Waals surface area contributed by atoms with Gasteiger partial charge in [0.05, 0.1) is 6.04 Å². The molecule has 0 radical (unpaired) electrons. The molecule has 7 nitrogen and oxygen atoms in total. The van der Waals surface area contributed by atoms with Crippen LogP contribution in [0.4, 0.5) is 0 Å². The van der Waals surface area contributed by atoms with Gasteiger partial charge >= 0.3 is 0 Å². The number of nitrogens with two attached hydrogens (primary N) is 3. The molecule has 1 unspecified atom stereocenters. The third-order valence-electron chi connectivity index (χ3n) is 2.56. The van der Waals surface area contributed by atoms with E-state index in [1.54, 1.807) is 0 Å². The normalized spacial score (nSPS) is 12.7. The third-order valence-corrected chi connectivity index (χ3v) is 3.16. The van der Waals surface area contributed by atoms with Gasteiger partial charge in [-0.3, -0.25) is 0 Å². The Hall–Kier alpha value is -2.15. The zero-order chi connectivity index (χ0) is 16.0. The van der Waals surface area contributed by atoms with Gasteiger partial charge in [-0.25, -0.2) is 10.4 Å². The van der Waals surface area contributed by atoms with Crippen molar-refractivity contribution in [3.63, 3.8) is 0 Å². The Morgan fingerprint density at radius 1 is 1.29 bits per heavy atom. The fraction of sp³-hybridized carbons (Fsp3) is 0.385. The van der Waals surface area contributed by atoms with E-state index in [0.29, 0.717) is 6.61 Å². The maximum Gasteiger partial charge on any atom is 0.209 e. The van der Waals surface area contributed by atoms with Gasteiger partial charge in [0.15, 0.2) is 0 Å². The molecule has 0 aromatic heterocycles. The van der Waals surface area contributed by atoms with E-state index in [1.807, 2.05) is 32.9 Å². The lowest BCUT2D eigenvalue weighted by Crippen LogP contribution is -2.34. The Morgan fingerprint density at radius 3 is 2.38 bits per heavy atom. The predicted molar refractivity (Wildman–Crippen MR) is 86.5 cm³/mol. The van der Waals surface area contributed by atoms with E-state index in [2.05, 4.69) is 15.5 Å². The molecule has 0 bridgehead atoms. The van der Waals surface area contributed by atoms with Gasteiger partial charge in [0.2, 0.25) is 11.9 Å². The van der Waals surface area contributed by atoms with Crippen molar-refractivity contribution in [2.45, 2.75) is 26.8 Å². The van der Waals surface area contributed by atoms with Crippen LogP contribution in [0.1, 0.15) is 18.1 Å². The highest BCUT2D eigenvalue weighted by Gasteiger charge is 2.06. The number of aryl methyl sites for hydroxylation is 2. The van der Waals surface area contributed by atoms with Crippen molar-refractivity contribution in [3.05, 3.63) is 28.3 Å². The predicted octanol–water partition coefficient (Wildman–Crippen LogP) is 0.817. The summed E-state index contributed by atoms with van der Waals surface area (Å²) in [4.78, 5) is 4.14. The molecule has 0 saturated carbocycles. The van der Waals surface area contributed by atoms with E-state index in [-0.39, 0.29) is 18.0 Å². The average molecular weight is 313 g/mol. The minimum Gasteiger partial charge on any atom is -0.491 e. The third kappa shape index (κ3) is 5.78. The van der Waals surface area contributed by atoms with Gasteiger partial charge in [0.25, 0.3) is 0 Å². The van der Waals surface area contributed by atoms with Gasteiger partial charge in [0.1, 0.15) is 12.4 Å². The van der Waals surface area contributed by atoms with E-state index >= 15 is 0 Å². The summed E-state index contributed by atoms with van der Waals surface area (Å²) in [5.41, 5.74) is 20.3. The smallest absolute Gasteiger partial charge is 0.209 e. The SMILES string of the molecule is Cc1cc(OCC(C)N=C(N)NN=C(N)N)cc(C)c1Cl. The molecular formula is C13H21ClN6O. The number of hydrazone groups is 1. The molecular weight excluding hydrogens is 292 g/mol. The van der Waals surface area contributed by atoms with E-state index < -0.39 is 0 Å². The summed E-state index contributed by atoms with van der Waals surface area (Å²) in [6.45, 7) is 6.09. The van der Waals surface area contributed by atoms with E-state index in [0.717, 1.165) is 21.9 Å². The van der Waals surface area contributed by atoms with Crippen molar-refractivity contribution in [2.75, 3.05) is 6.61 Å². The first kappa shape index (κ1) is 16.9. The van der Waals surface area contributed by atoms with Crippen LogP contribution in [0.5, 0.6) is 5.75 Å². The lowest BCUT2D eigenvalue weighted by atomic mass is 10.1. The van der Waals surface area contributed by atoms with Crippen molar-refractivity contribution >= 4 is 23.5 Å². The van der Waals surface area contributed by atoms with Crippen LogP contribution in [0, 0.1) is 13.8 Å². The zero-order valence-corrected chi connectivity index (χ0v) is 13.1. The quantitative estimate of drug-likeness (QED) is 0.364. The van der Waals surface area contributed by atoms with Crippen LogP contribution in [-0.2, 0) is 0 Å². The second kappa shape index (κ2) is 7.58. The molecule has 0 saturated heterocycles. The van der Waals surface area contributed by atoms with Crippen LogP contribution in [0.15, 0.2) is 22.2 Å². The summed E-state index contributed by atoms with van der Waals surface area (Å²) in [5.74, 6) is 0.735. The number of rotatable bonds is 5. The van der Waals surface area contributed by atoms with Gasteiger partial charge in [-0.2, -0.15) is 0 Å². The van der Waals surface area contributed by atoms with Crippen LogP contribution < -0.4 is 27.4 Å². The molecule has 116 valence electrons. The summed E-state index contributed by atoms with van der Waals surface area (Å²) < 4.78 is 5.68. The Kier molecular flexibility index (Phi) is 6.10. The number of benzene rings is 1. The average Bonchev–Trinajstić information content (AvgIpc) is 2.40. The van der Waals surface area contributed by atoms with Gasteiger partial charge in [-0.05, 0) is 44.0 Å². The topological polar surface area (TPSA) is 124 Å². The molecule has 1 rings (SSSR count). The summed E-state index contributed by atoms with van der Waals surface area (Å²) >= 11 is 6.11. The Balaban J connectivity index is 2.59. The molecule has 0 fully saturated rings. The summed E-state index contributed by atoms with van der Waals surface area (Å²) in [7, 11) is 0. The number of ether oxygens (including phenoxy) is 1. The van der Waals surface area contributed by atoms with Crippen LogP contribution in [0.25, 0.3) is 0 Å². The first-order chi connectivity index (χ1) is 9.79. The van der Waals surface area contributed by atoms with Crippen LogP contribution >= 0.6 is 11.6 Å². The largest absolute Gasteiger partial charge is 0.491 e. The molecule has 0 aliphatic carbocycles. The van der Waals surface area contributed by atoms with E-state index in [9.17, 15) is 0 Å². The Morgan fingerprint density at radius 2 is 1.86 bits per heavy atom. The fourth-order valence-electron chi connectivity index (χ4n) is 1.63. The monoisotopic (exact) mass is 312 g/mol. The minimum atomic E-state index is -0.164. The van der Waals surface area contributed by atoms with E-state index in [4.69, 9.17) is 33.5 Å². The second-order valence-corrected chi connectivity index (χ2v) is 5.07. The number of guanidine groups is 2. The summed E-state index contributed by atoms with van der Waals surface area (Å²) in [5, 5.41) is 4.29. The molecule has 0 aliphatic rings. The molecule has 1 aromatic rings. The molecule has 0 aliphatic heterocycles. The van der Waals surface area contributed by atoms with Crippen molar-refractivity contribution in [2.24, 2.45) is 27.3 Å². The molecule has 1 atom stereocenters. The molecule has 0 amide bonds. The number of hydrogen-bond donors (Lipinski definition) is 4. The highest BCUT2D eigenvalue weighted by atomic mass is 35.5. The van der Waals surface area contributed by atoms with Gasteiger partial charge in [-0.15, -0.1) is 5.10 Å². The Labute approximate surface area is 129 Å². The maximum absolute atomic E-state index is 6.11. The van der Waals surface area contributed by atoms with Crippen molar-refractivity contribution < 1.29 is 4.74 Å². The first-order valence-corrected chi connectivity index (χ1v) is 6.75. The number of nitrogens with zero attached hydrogens (tertiary/aromatic N) is 2. The first-order valence-electron chi connectivity index (χ1n) is 6.37. The number of halogens is 1. The standard InChI is InChI=1S/C13H21ClN6O/c1-7-4-10(5-8(2)11(7)14)21-6-9(3)18-13(17)20-19-12(15)16/h4-5,9H,6H2,1-3H3,(H4,15,16,19)(H3,17,18,20). The van der Waals surface area contributed by atoms with Crippen LogP contribution in [0.3, 0.4) is 0 Å². The van der Waals surface area contributed by atoms with Gasteiger partial charge < -0.3 is 21.9 Å². The molecule has 0 heterocycles. The second-order valence-electron chi connectivity index (χ2n) is 4.69. The number of nitrogens with one attached hydrogen (secondary N) is 1. The van der Waals surface area contributed by atoms with Crippen molar-refractivity contribution in [3.8, 4) is 5.75 Å². The number of hydrogen-bond acceptors (Lipinski definition) is 3. The Bertz CT molecular complexity index is 531. The van der Waals surface area contributed by atoms with Gasteiger partial charge in [-0.1, -0.05) is 11.6 Å². The highest BCUT2D eigenvalue weighted by Crippen LogP contribution is 2.25.